The summed E-state index contributed by atoms with van der Waals surface area (Å²) in [6.07, 6.45) is 0. The number of aryl methyl sites for hydroxylation is 1. The van der Waals surface area contributed by atoms with Gasteiger partial charge in [0.1, 0.15) is 15.7 Å². The van der Waals surface area contributed by atoms with Crippen molar-refractivity contribution in [2.24, 2.45) is 0 Å². The Labute approximate surface area is 108 Å². The van der Waals surface area contributed by atoms with Crippen LogP contribution in [0.5, 0.6) is 0 Å². The summed E-state index contributed by atoms with van der Waals surface area (Å²) in [7, 11) is -3.50. The third-order valence-corrected chi connectivity index (χ3v) is 5.17. The maximum absolute atomic E-state index is 11.8. The Morgan fingerprint density at radius 3 is 2.65 bits per heavy atom. The highest BCUT2D eigenvalue weighted by Gasteiger charge is 2.16. The molecule has 0 atom stereocenters. The fourth-order valence-electron chi connectivity index (χ4n) is 1.26. The number of hydrogen-bond acceptors (Lipinski definition) is 4. The lowest BCUT2D eigenvalue weighted by Gasteiger charge is -2.02. The minimum atomic E-state index is -3.50. The SMILES string of the molecule is Cc1ccc(CNS(=O)(=O)c2ccc(Cl)s2)o1. The molecule has 0 amide bonds. The molecular formula is C10H10ClNO3S2. The number of sulfonamides is 1. The number of hydrogen-bond donors (Lipinski definition) is 1. The van der Waals surface area contributed by atoms with Crippen LogP contribution in [0.3, 0.4) is 0 Å². The molecule has 2 rings (SSSR count). The van der Waals surface area contributed by atoms with E-state index in [1.807, 2.05) is 0 Å². The van der Waals surface area contributed by atoms with Crippen molar-refractivity contribution in [2.75, 3.05) is 0 Å². The van der Waals surface area contributed by atoms with Gasteiger partial charge in [0.2, 0.25) is 0 Å². The van der Waals surface area contributed by atoms with Gasteiger partial charge in [0.05, 0.1) is 10.9 Å². The molecule has 2 heterocycles. The standard InChI is InChI=1S/C10H10ClNO3S2/c1-7-2-3-8(15-7)6-12-17(13,14)10-5-4-9(11)16-10/h2-5,12H,6H2,1H3. The van der Waals surface area contributed by atoms with Gasteiger partial charge in [-0.05, 0) is 31.2 Å². The lowest BCUT2D eigenvalue weighted by Crippen LogP contribution is -2.22. The maximum Gasteiger partial charge on any atom is 0.250 e. The Kier molecular flexibility index (Phi) is 3.58. The molecule has 92 valence electrons. The van der Waals surface area contributed by atoms with E-state index in [1.165, 1.54) is 6.07 Å². The van der Waals surface area contributed by atoms with Crippen molar-refractivity contribution in [3.63, 3.8) is 0 Å². The summed E-state index contributed by atoms with van der Waals surface area (Å²) in [6.45, 7) is 1.93. The second-order valence-corrected chi connectivity index (χ2v) is 7.10. The van der Waals surface area contributed by atoms with Crippen LogP contribution in [0, 0.1) is 6.92 Å². The molecule has 0 saturated carbocycles. The normalized spacial score (nSPS) is 11.9. The maximum atomic E-state index is 11.8. The molecule has 0 aliphatic carbocycles. The first kappa shape index (κ1) is 12.6. The average Bonchev–Trinajstić information content (AvgIpc) is 2.85. The molecule has 0 fully saturated rings. The third-order valence-electron chi connectivity index (χ3n) is 2.05. The molecule has 0 aromatic carbocycles. The van der Waals surface area contributed by atoms with Crippen LogP contribution < -0.4 is 4.72 Å². The Morgan fingerprint density at radius 1 is 1.35 bits per heavy atom. The van der Waals surface area contributed by atoms with Crippen LogP contribution >= 0.6 is 22.9 Å². The first-order chi connectivity index (χ1) is 7.97. The van der Waals surface area contributed by atoms with Crippen molar-refractivity contribution < 1.29 is 12.8 Å². The molecule has 1 N–H and O–H groups in total. The molecular weight excluding hydrogens is 282 g/mol. The summed E-state index contributed by atoms with van der Waals surface area (Å²) < 4.78 is 32.0. The molecule has 0 unspecified atom stereocenters. The van der Waals surface area contributed by atoms with Crippen molar-refractivity contribution in [3.05, 3.63) is 40.1 Å². The lowest BCUT2D eigenvalue weighted by atomic mass is 10.4. The van der Waals surface area contributed by atoms with Gasteiger partial charge in [0, 0.05) is 0 Å². The zero-order valence-corrected chi connectivity index (χ0v) is 11.3. The molecule has 2 aromatic heterocycles. The van der Waals surface area contributed by atoms with E-state index in [-0.39, 0.29) is 10.8 Å². The van der Waals surface area contributed by atoms with E-state index in [1.54, 1.807) is 25.1 Å². The minimum absolute atomic E-state index is 0.131. The van der Waals surface area contributed by atoms with Gasteiger partial charge in [-0.3, -0.25) is 0 Å². The van der Waals surface area contributed by atoms with Gasteiger partial charge in [0.15, 0.2) is 0 Å². The summed E-state index contributed by atoms with van der Waals surface area (Å²) in [4.78, 5) is 0. The van der Waals surface area contributed by atoms with Crippen molar-refractivity contribution in [2.45, 2.75) is 17.7 Å². The number of halogens is 1. The number of thiophene rings is 1. The molecule has 0 bridgehead atoms. The van der Waals surface area contributed by atoms with Crippen LogP contribution in [-0.2, 0) is 16.6 Å². The molecule has 17 heavy (non-hydrogen) atoms. The fraction of sp³-hybridized carbons (Fsp3) is 0.200. The Bertz CT molecular complexity index is 615. The van der Waals surface area contributed by atoms with Gasteiger partial charge in [0.25, 0.3) is 10.0 Å². The van der Waals surface area contributed by atoms with Gasteiger partial charge in [-0.15, -0.1) is 11.3 Å². The van der Waals surface area contributed by atoms with Crippen LogP contribution in [0.2, 0.25) is 4.34 Å². The Morgan fingerprint density at radius 2 is 2.12 bits per heavy atom. The zero-order chi connectivity index (χ0) is 12.5. The lowest BCUT2D eigenvalue weighted by molar-refractivity contribution is 0.475. The number of rotatable bonds is 4. The zero-order valence-electron chi connectivity index (χ0n) is 8.94. The van der Waals surface area contributed by atoms with E-state index in [9.17, 15) is 8.42 Å². The highest BCUT2D eigenvalue weighted by molar-refractivity contribution is 7.91. The van der Waals surface area contributed by atoms with Crippen molar-refractivity contribution in [1.82, 2.24) is 4.72 Å². The number of nitrogens with one attached hydrogen (secondary N) is 1. The Hall–Kier alpha value is -0.820. The van der Waals surface area contributed by atoms with Crippen LogP contribution in [0.1, 0.15) is 11.5 Å². The van der Waals surface area contributed by atoms with Gasteiger partial charge in [-0.25, -0.2) is 13.1 Å². The molecule has 0 aliphatic rings. The highest BCUT2D eigenvalue weighted by atomic mass is 35.5. The second-order valence-electron chi connectivity index (χ2n) is 3.40. The first-order valence-electron chi connectivity index (χ1n) is 4.78. The Balaban J connectivity index is 2.08. The largest absolute Gasteiger partial charge is 0.465 e. The fourth-order valence-corrected chi connectivity index (χ4v) is 3.78. The average molecular weight is 292 g/mol. The summed E-state index contributed by atoms with van der Waals surface area (Å²) in [5.74, 6) is 1.33. The predicted molar refractivity (Wildman–Crippen MR) is 66.8 cm³/mol. The first-order valence-corrected chi connectivity index (χ1v) is 7.45. The van der Waals surface area contributed by atoms with Crippen LogP contribution in [-0.4, -0.2) is 8.42 Å². The van der Waals surface area contributed by atoms with E-state index >= 15 is 0 Å². The van der Waals surface area contributed by atoms with Gasteiger partial charge >= 0.3 is 0 Å². The van der Waals surface area contributed by atoms with Gasteiger partial charge < -0.3 is 4.42 Å². The molecule has 7 heteroatoms. The van der Waals surface area contributed by atoms with Crippen molar-refractivity contribution in [1.29, 1.82) is 0 Å². The van der Waals surface area contributed by atoms with E-state index in [0.717, 1.165) is 17.1 Å². The van der Waals surface area contributed by atoms with E-state index in [4.69, 9.17) is 16.0 Å². The number of furan rings is 1. The van der Waals surface area contributed by atoms with E-state index in [2.05, 4.69) is 4.72 Å². The molecule has 2 aromatic rings. The van der Waals surface area contributed by atoms with Crippen LogP contribution in [0.25, 0.3) is 0 Å². The molecule has 0 aliphatic heterocycles. The summed E-state index contributed by atoms with van der Waals surface area (Å²) in [5.41, 5.74) is 0. The quantitative estimate of drug-likeness (QED) is 0.942. The molecule has 0 saturated heterocycles. The summed E-state index contributed by atoms with van der Waals surface area (Å²) >= 11 is 6.71. The van der Waals surface area contributed by atoms with E-state index in [0.29, 0.717) is 10.1 Å². The third kappa shape index (κ3) is 3.10. The monoisotopic (exact) mass is 291 g/mol. The van der Waals surface area contributed by atoms with Gasteiger partial charge in [-0.2, -0.15) is 0 Å². The summed E-state index contributed by atoms with van der Waals surface area (Å²) in [6, 6.07) is 6.55. The van der Waals surface area contributed by atoms with E-state index < -0.39 is 10.0 Å². The smallest absolute Gasteiger partial charge is 0.250 e. The van der Waals surface area contributed by atoms with Crippen molar-refractivity contribution in [3.8, 4) is 0 Å². The molecule has 0 spiro atoms. The summed E-state index contributed by atoms with van der Waals surface area (Å²) in [5, 5.41) is 0. The second kappa shape index (κ2) is 4.81. The van der Waals surface area contributed by atoms with Gasteiger partial charge in [-0.1, -0.05) is 11.6 Å². The van der Waals surface area contributed by atoms with Crippen molar-refractivity contribution >= 4 is 33.0 Å². The van der Waals surface area contributed by atoms with Crippen LogP contribution in [0.15, 0.2) is 32.9 Å². The molecule has 0 radical (unpaired) electrons. The van der Waals surface area contributed by atoms with Crippen LogP contribution in [0.4, 0.5) is 0 Å². The topological polar surface area (TPSA) is 59.3 Å². The predicted octanol–water partition coefficient (Wildman–Crippen LogP) is 2.78. The highest BCUT2D eigenvalue weighted by Crippen LogP contribution is 2.25. The minimum Gasteiger partial charge on any atom is -0.465 e. The molecule has 4 nitrogen and oxygen atoms in total.